The summed E-state index contributed by atoms with van der Waals surface area (Å²) in [7, 11) is 0. The second-order valence-corrected chi connectivity index (χ2v) is 3.90. The van der Waals surface area contributed by atoms with Gasteiger partial charge in [0.1, 0.15) is 5.75 Å². The molecule has 1 aromatic rings. The maximum atomic E-state index is 9.50. The minimum Gasteiger partial charge on any atom is -0.513 e. The summed E-state index contributed by atoms with van der Waals surface area (Å²) in [5, 5.41) is 18.5. The molecule has 0 aliphatic carbocycles. The highest BCUT2D eigenvalue weighted by molar-refractivity contribution is 5.93. The molecule has 0 radical (unpaired) electrons. The minimum absolute atomic E-state index is 0.222. The van der Waals surface area contributed by atoms with E-state index in [0.717, 1.165) is 5.71 Å². The van der Waals surface area contributed by atoms with E-state index in [4.69, 9.17) is 5.11 Å². The van der Waals surface area contributed by atoms with Crippen LogP contribution in [0, 0.1) is 0 Å². The van der Waals surface area contributed by atoms with Gasteiger partial charge in [-0.15, -0.1) is 0 Å². The van der Waals surface area contributed by atoms with Crippen molar-refractivity contribution in [2.24, 2.45) is 9.98 Å². The number of phenols is 1. The molecule has 1 rings (SSSR count). The largest absolute Gasteiger partial charge is 0.513 e. The number of aliphatic hydroxyl groups is 1. The molecular formula is C14H18N2O2. The van der Waals surface area contributed by atoms with Crippen LogP contribution in [-0.4, -0.2) is 35.2 Å². The third-order valence-electron chi connectivity index (χ3n) is 2.18. The van der Waals surface area contributed by atoms with E-state index in [1.807, 2.05) is 13.0 Å². The summed E-state index contributed by atoms with van der Waals surface area (Å²) >= 11 is 0. The van der Waals surface area contributed by atoms with Crippen LogP contribution in [0.2, 0.25) is 0 Å². The fourth-order valence-electron chi connectivity index (χ4n) is 1.39. The standard InChI is InChI=1S/C14H18N2O2/c1-11(9-12(2)17)16-8-7-15-10-13-5-3-4-6-14(13)18/h3-6,9-10,17-18H,7-8H2,1-2H3. The lowest BCUT2D eigenvalue weighted by molar-refractivity contribution is 0.415. The van der Waals surface area contributed by atoms with Crippen molar-refractivity contribution < 1.29 is 10.2 Å². The van der Waals surface area contributed by atoms with Crippen LogP contribution in [-0.2, 0) is 0 Å². The van der Waals surface area contributed by atoms with Gasteiger partial charge in [0.05, 0.1) is 18.8 Å². The molecule has 0 saturated carbocycles. The normalized spacial score (nSPS) is 13.2. The second kappa shape index (κ2) is 7.27. The number of para-hydroxylation sites is 1. The minimum atomic E-state index is 0.222. The lowest BCUT2D eigenvalue weighted by Gasteiger charge is -1.97. The van der Waals surface area contributed by atoms with Gasteiger partial charge in [0.15, 0.2) is 0 Å². The molecule has 0 fully saturated rings. The predicted molar refractivity (Wildman–Crippen MR) is 74.9 cm³/mol. The van der Waals surface area contributed by atoms with E-state index in [1.165, 1.54) is 0 Å². The fraction of sp³-hybridized carbons (Fsp3) is 0.286. The molecule has 18 heavy (non-hydrogen) atoms. The molecule has 0 amide bonds. The Morgan fingerprint density at radius 3 is 2.61 bits per heavy atom. The Bertz CT molecular complexity index is 472. The van der Waals surface area contributed by atoms with Crippen molar-refractivity contribution in [3.8, 4) is 5.75 Å². The predicted octanol–water partition coefficient (Wildman–Crippen LogP) is 2.73. The zero-order chi connectivity index (χ0) is 13.4. The molecule has 4 nitrogen and oxygen atoms in total. The number of aliphatic hydroxyl groups excluding tert-OH is 1. The lowest BCUT2D eigenvalue weighted by atomic mass is 10.2. The number of benzene rings is 1. The number of allylic oxidation sites excluding steroid dienone is 2. The molecule has 2 N–H and O–H groups in total. The average molecular weight is 246 g/mol. The van der Waals surface area contributed by atoms with E-state index >= 15 is 0 Å². The molecule has 0 heterocycles. The van der Waals surface area contributed by atoms with Crippen molar-refractivity contribution in [1.29, 1.82) is 0 Å². The van der Waals surface area contributed by atoms with E-state index in [-0.39, 0.29) is 11.5 Å². The molecule has 0 atom stereocenters. The summed E-state index contributed by atoms with van der Waals surface area (Å²) in [5.74, 6) is 0.466. The zero-order valence-corrected chi connectivity index (χ0v) is 10.7. The van der Waals surface area contributed by atoms with Gasteiger partial charge in [0.2, 0.25) is 0 Å². The highest BCUT2D eigenvalue weighted by atomic mass is 16.3. The smallest absolute Gasteiger partial charge is 0.124 e. The van der Waals surface area contributed by atoms with Gasteiger partial charge in [-0.25, -0.2) is 0 Å². The molecule has 4 heteroatoms. The van der Waals surface area contributed by atoms with Crippen LogP contribution in [0.3, 0.4) is 0 Å². The highest BCUT2D eigenvalue weighted by Crippen LogP contribution is 2.12. The monoisotopic (exact) mass is 246 g/mol. The molecule has 0 aliphatic heterocycles. The van der Waals surface area contributed by atoms with E-state index in [1.54, 1.807) is 37.4 Å². The van der Waals surface area contributed by atoms with Crippen LogP contribution in [0.25, 0.3) is 0 Å². The number of hydrogen-bond donors (Lipinski definition) is 2. The maximum absolute atomic E-state index is 9.50. The van der Waals surface area contributed by atoms with Gasteiger partial charge in [-0.2, -0.15) is 0 Å². The van der Waals surface area contributed by atoms with Crippen molar-refractivity contribution in [2.45, 2.75) is 13.8 Å². The number of phenolic OH excluding ortho intramolecular Hbond substituents is 1. The third-order valence-corrected chi connectivity index (χ3v) is 2.18. The molecule has 0 spiro atoms. The Morgan fingerprint density at radius 2 is 1.94 bits per heavy atom. The van der Waals surface area contributed by atoms with Crippen molar-refractivity contribution in [3.05, 3.63) is 41.7 Å². The van der Waals surface area contributed by atoms with Crippen LogP contribution in [0.4, 0.5) is 0 Å². The summed E-state index contributed by atoms with van der Waals surface area (Å²) in [4.78, 5) is 8.40. The second-order valence-electron chi connectivity index (χ2n) is 3.90. The average Bonchev–Trinajstić information content (AvgIpc) is 2.30. The summed E-state index contributed by atoms with van der Waals surface area (Å²) in [6, 6.07) is 7.03. The SMILES string of the molecule is CC(O)=CC(C)=NCCN=Cc1ccccc1O. The van der Waals surface area contributed by atoms with Crippen LogP contribution in [0.1, 0.15) is 19.4 Å². The summed E-state index contributed by atoms with van der Waals surface area (Å²) < 4.78 is 0. The molecule has 0 aromatic heterocycles. The van der Waals surface area contributed by atoms with Crippen molar-refractivity contribution in [3.63, 3.8) is 0 Å². The first-order valence-corrected chi connectivity index (χ1v) is 5.75. The molecule has 96 valence electrons. The quantitative estimate of drug-likeness (QED) is 0.476. The van der Waals surface area contributed by atoms with Gasteiger partial charge in [0.25, 0.3) is 0 Å². The molecule has 1 aromatic carbocycles. The number of rotatable bonds is 5. The number of aromatic hydroxyl groups is 1. The van der Waals surface area contributed by atoms with Crippen LogP contribution < -0.4 is 0 Å². The summed E-state index contributed by atoms with van der Waals surface area (Å²) in [6.45, 7) is 4.53. The molecule has 0 bridgehead atoms. The Labute approximate surface area is 107 Å². The van der Waals surface area contributed by atoms with Crippen LogP contribution in [0.5, 0.6) is 5.75 Å². The fourth-order valence-corrected chi connectivity index (χ4v) is 1.39. The molecule has 0 unspecified atom stereocenters. The summed E-state index contributed by atoms with van der Waals surface area (Å²) in [6.07, 6.45) is 3.24. The van der Waals surface area contributed by atoms with Gasteiger partial charge in [-0.1, -0.05) is 12.1 Å². The third kappa shape index (κ3) is 5.30. The van der Waals surface area contributed by atoms with Gasteiger partial charge >= 0.3 is 0 Å². The zero-order valence-electron chi connectivity index (χ0n) is 10.7. The van der Waals surface area contributed by atoms with Crippen molar-refractivity contribution in [2.75, 3.05) is 13.1 Å². The van der Waals surface area contributed by atoms with E-state index in [0.29, 0.717) is 18.7 Å². The maximum Gasteiger partial charge on any atom is 0.124 e. The van der Waals surface area contributed by atoms with Gasteiger partial charge in [0, 0.05) is 17.5 Å². The van der Waals surface area contributed by atoms with Gasteiger partial charge in [-0.05, 0) is 32.1 Å². The molecule has 0 saturated heterocycles. The first kappa shape index (κ1) is 14.0. The Kier molecular flexibility index (Phi) is 5.64. The van der Waals surface area contributed by atoms with Crippen LogP contribution >= 0.6 is 0 Å². The highest BCUT2D eigenvalue weighted by Gasteiger charge is 1.93. The first-order chi connectivity index (χ1) is 8.59. The molecule has 0 aliphatic rings. The first-order valence-electron chi connectivity index (χ1n) is 5.75. The lowest BCUT2D eigenvalue weighted by Crippen LogP contribution is -1.94. The molecular weight excluding hydrogens is 228 g/mol. The topological polar surface area (TPSA) is 65.2 Å². The van der Waals surface area contributed by atoms with Crippen molar-refractivity contribution in [1.82, 2.24) is 0 Å². The number of nitrogens with zero attached hydrogens (tertiary/aromatic N) is 2. The number of hydrogen-bond acceptors (Lipinski definition) is 4. The van der Waals surface area contributed by atoms with Gasteiger partial charge in [-0.3, -0.25) is 9.98 Å². The van der Waals surface area contributed by atoms with E-state index in [2.05, 4.69) is 9.98 Å². The van der Waals surface area contributed by atoms with E-state index in [9.17, 15) is 5.11 Å². The van der Waals surface area contributed by atoms with Gasteiger partial charge < -0.3 is 10.2 Å². The Hall–Kier alpha value is -2.10. The van der Waals surface area contributed by atoms with Crippen LogP contribution in [0.15, 0.2) is 46.1 Å². The van der Waals surface area contributed by atoms with Crippen molar-refractivity contribution >= 4 is 11.9 Å². The Morgan fingerprint density at radius 1 is 1.22 bits per heavy atom. The Balaban J connectivity index is 2.43. The number of aliphatic imine (C=N–C) groups is 2. The van der Waals surface area contributed by atoms with E-state index < -0.39 is 0 Å². The summed E-state index contributed by atoms with van der Waals surface area (Å²) in [5.41, 5.74) is 1.47.